The van der Waals surface area contributed by atoms with Crippen LogP contribution < -0.4 is 27.0 Å². The first-order chi connectivity index (χ1) is 9.08. The van der Waals surface area contributed by atoms with E-state index >= 15 is 0 Å². The highest BCUT2D eigenvalue weighted by Crippen LogP contribution is 2.20. The van der Waals surface area contributed by atoms with Crippen molar-refractivity contribution in [2.45, 2.75) is 44.9 Å². The Kier molecular flexibility index (Phi) is 5.12. The smallest absolute Gasteiger partial charge is 0.135 e. The van der Waals surface area contributed by atoms with Crippen LogP contribution in [0.3, 0.4) is 0 Å². The van der Waals surface area contributed by atoms with Gasteiger partial charge in [0.25, 0.3) is 0 Å². The zero-order chi connectivity index (χ0) is 13.8. The van der Waals surface area contributed by atoms with Crippen LogP contribution in [0.15, 0.2) is 4.99 Å². The molecule has 110 valence electrons. The van der Waals surface area contributed by atoms with Gasteiger partial charge in [-0.15, -0.1) is 0 Å². The number of hydrogen-bond donors (Lipinski definition) is 5. The van der Waals surface area contributed by atoms with Gasteiger partial charge in [-0.25, -0.2) is 5.84 Å². The minimum absolute atomic E-state index is 0.0689. The fourth-order valence-electron chi connectivity index (χ4n) is 3.01. The van der Waals surface area contributed by atoms with Crippen molar-refractivity contribution in [2.75, 3.05) is 19.6 Å². The Labute approximate surface area is 114 Å². The maximum Gasteiger partial charge on any atom is 0.135 e. The van der Waals surface area contributed by atoms with E-state index in [0.717, 1.165) is 6.42 Å². The van der Waals surface area contributed by atoms with Crippen LogP contribution >= 0.6 is 0 Å². The van der Waals surface area contributed by atoms with Crippen molar-refractivity contribution in [1.82, 2.24) is 16.1 Å². The van der Waals surface area contributed by atoms with Gasteiger partial charge in [0.15, 0.2) is 0 Å². The number of nitrogens with one attached hydrogen (secondary N) is 4. The molecule has 0 radical (unpaired) electrons. The van der Waals surface area contributed by atoms with E-state index in [9.17, 15) is 5.21 Å². The van der Waals surface area contributed by atoms with Gasteiger partial charge in [-0.05, 0) is 25.7 Å². The van der Waals surface area contributed by atoms with Crippen LogP contribution in [0.4, 0.5) is 0 Å². The van der Waals surface area contributed by atoms with Crippen molar-refractivity contribution in [3.05, 3.63) is 5.21 Å². The predicted molar refractivity (Wildman–Crippen MR) is 75.4 cm³/mol. The number of hydrazine groups is 1. The van der Waals surface area contributed by atoms with Crippen LogP contribution in [-0.4, -0.2) is 43.7 Å². The fourth-order valence-corrected chi connectivity index (χ4v) is 3.01. The van der Waals surface area contributed by atoms with E-state index in [4.69, 9.17) is 5.84 Å². The second-order valence-electron chi connectivity index (χ2n) is 5.82. The Morgan fingerprint density at radius 1 is 1.42 bits per heavy atom. The van der Waals surface area contributed by atoms with E-state index in [-0.39, 0.29) is 17.3 Å². The minimum atomic E-state index is -0.0689. The molecule has 2 aliphatic rings. The number of rotatable bonds is 2. The molecule has 7 heteroatoms. The molecule has 0 aromatic rings. The number of piperazine rings is 1. The highest BCUT2D eigenvalue weighted by Gasteiger charge is 2.26. The molecule has 0 amide bonds. The molecule has 0 aromatic heterocycles. The average Bonchev–Trinajstić information content (AvgIpc) is 2.34. The molecule has 0 spiro atoms. The van der Waals surface area contributed by atoms with Gasteiger partial charge in [-0.3, -0.25) is 15.6 Å². The molecule has 0 aliphatic carbocycles. The summed E-state index contributed by atoms with van der Waals surface area (Å²) < 4.78 is 0. The van der Waals surface area contributed by atoms with Crippen molar-refractivity contribution >= 4 is 5.84 Å². The lowest BCUT2D eigenvalue weighted by molar-refractivity contribution is -0.851. The molecule has 5 atom stereocenters. The van der Waals surface area contributed by atoms with Crippen LogP contribution in [0.25, 0.3) is 0 Å². The highest BCUT2D eigenvalue weighted by molar-refractivity contribution is 5.87. The third-order valence-corrected chi connectivity index (χ3v) is 3.86. The molecular weight excluding hydrogens is 244 g/mol. The monoisotopic (exact) mass is 270 g/mol. The van der Waals surface area contributed by atoms with E-state index in [1.807, 2.05) is 0 Å². The number of hydroxylamine groups is 2. The maximum absolute atomic E-state index is 11.5. The van der Waals surface area contributed by atoms with Crippen molar-refractivity contribution in [3.8, 4) is 0 Å². The summed E-state index contributed by atoms with van der Waals surface area (Å²) in [4.78, 5) is 4.67. The molecule has 2 fully saturated rings. The van der Waals surface area contributed by atoms with Crippen LogP contribution in [-0.2, 0) is 0 Å². The number of quaternary nitrogens is 1. The highest BCUT2D eigenvalue weighted by atomic mass is 16.5. The molecule has 0 saturated carbocycles. The van der Waals surface area contributed by atoms with E-state index < -0.39 is 0 Å². The Hall–Kier alpha value is -0.730. The fraction of sp³-hybridized carbons (Fsp3) is 0.917. The zero-order valence-electron chi connectivity index (χ0n) is 11.8. The molecule has 19 heavy (non-hydrogen) atoms. The Morgan fingerprint density at radius 2 is 2.21 bits per heavy atom. The van der Waals surface area contributed by atoms with Gasteiger partial charge in [0.05, 0.1) is 13.1 Å². The molecular formula is C12H26N6O. The van der Waals surface area contributed by atoms with Gasteiger partial charge in [0.1, 0.15) is 18.0 Å². The predicted octanol–water partition coefficient (Wildman–Crippen LogP) is -2.06. The number of nitrogens with zero attached hydrogens (tertiary/aromatic N) is 1. The lowest BCUT2D eigenvalue weighted by Gasteiger charge is -2.35. The molecule has 7 nitrogen and oxygen atoms in total. The SMILES string of the molecule is CC1CC(C)NC(N=C(NN)C2C[NH+]([O-])CCN2)C1. The van der Waals surface area contributed by atoms with E-state index in [1.54, 1.807) is 0 Å². The Bertz CT molecular complexity index is 313. The van der Waals surface area contributed by atoms with Gasteiger partial charge in [-0.2, -0.15) is 0 Å². The lowest BCUT2D eigenvalue weighted by atomic mass is 9.93. The second kappa shape index (κ2) is 6.62. The first-order valence-electron chi connectivity index (χ1n) is 7.14. The number of aliphatic imine (C=N–C) groups is 1. The summed E-state index contributed by atoms with van der Waals surface area (Å²) in [7, 11) is 0. The van der Waals surface area contributed by atoms with Gasteiger partial charge in [0, 0.05) is 12.6 Å². The van der Waals surface area contributed by atoms with Crippen molar-refractivity contribution in [3.63, 3.8) is 0 Å². The van der Waals surface area contributed by atoms with Gasteiger partial charge in [-0.1, -0.05) is 6.92 Å². The summed E-state index contributed by atoms with van der Waals surface area (Å²) in [5.74, 6) is 6.92. The van der Waals surface area contributed by atoms with E-state index in [0.29, 0.717) is 37.4 Å². The average molecular weight is 270 g/mol. The first-order valence-corrected chi connectivity index (χ1v) is 7.14. The largest absolute Gasteiger partial charge is 0.634 e. The summed E-state index contributed by atoms with van der Waals surface area (Å²) in [6.07, 6.45) is 2.27. The second-order valence-corrected chi connectivity index (χ2v) is 5.82. The first kappa shape index (κ1) is 14.7. The Morgan fingerprint density at radius 3 is 2.84 bits per heavy atom. The minimum Gasteiger partial charge on any atom is -0.634 e. The molecule has 0 aromatic carbocycles. The van der Waals surface area contributed by atoms with Gasteiger partial charge in [0.2, 0.25) is 0 Å². The van der Waals surface area contributed by atoms with E-state index in [1.165, 1.54) is 6.42 Å². The molecule has 2 aliphatic heterocycles. The van der Waals surface area contributed by atoms with Crippen molar-refractivity contribution in [2.24, 2.45) is 16.8 Å². The number of piperidine rings is 1. The van der Waals surface area contributed by atoms with Crippen LogP contribution in [0, 0.1) is 11.1 Å². The quantitative estimate of drug-likeness (QED) is 0.131. The molecule has 0 bridgehead atoms. The van der Waals surface area contributed by atoms with E-state index in [2.05, 4.69) is 34.9 Å². The van der Waals surface area contributed by atoms with Crippen LogP contribution in [0.2, 0.25) is 0 Å². The third-order valence-electron chi connectivity index (χ3n) is 3.86. The molecule has 6 N–H and O–H groups in total. The number of amidine groups is 1. The summed E-state index contributed by atoms with van der Waals surface area (Å²) in [6.45, 7) is 6.20. The lowest BCUT2D eigenvalue weighted by Crippen LogP contribution is -3.11. The van der Waals surface area contributed by atoms with Crippen molar-refractivity contribution in [1.29, 1.82) is 0 Å². The zero-order valence-corrected chi connectivity index (χ0v) is 11.8. The Balaban J connectivity index is 2.01. The summed E-state index contributed by atoms with van der Waals surface area (Å²) >= 11 is 0. The van der Waals surface area contributed by atoms with Crippen LogP contribution in [0.1, 0.15) is 26.7 Å². The number of hydrogen-bond acceptors (Lipinski definition) is 5. The molecule has 5 unspecified atom stereocenters. The summed E-state index contributed by atoms with van der Waals surface area (Å²) in [5, 5.41) is 18.5. The topological polar surface area (TPSA) is 102 Å². The van der Waals surface area contributed by atoms with Gasteiger partial charge >= 0.3 is 0 Å². The maximum atomic E-state index is 11.5. The standard InChI is InChI=1S/C12H26N6O/c1-8-5-9(2)15-11(6-8)16-12(17-13)10-7-18(19)4-3-14-10/h8-11,14-15,18H,3-7,13H2,1-2H3,(H,16,17). The normalized spacial score (nSPS) is 41.1. The van der Waals surface area contributed by atoms with Gasteiger partial charge < -0.3 is 15.7 Å². The van der Waals surface area contributed by atoms with Crippen molar-refractivity contribution < 1.29 is 5.06 Å². The molecule has 2 saturated heterocycles. The van der Waals surface area contributed by atoms with Crippen LogP contribution in [0.5, 0.6) is 0 Å². The molecule has 2 rings (SSSR count). The number of nitrogens with two attached hydrogens (primary N) is 1. The third kappa shape index (κ3) is 4.12. The molecule has 2 heterocycles. The summed E-state index contributed by atoms with van der Waals surface area (Å²) in [6, 6.07) is 0.401. The summed E-state index contributed by atoms with van der Waals surface area (Å²) in [5.41, 5.74) is 2.66.